The predicted octanol–water partition coefficient (Wildman–Crippen LogP) is 2.53. The molecule has 0 bridgehead atoms. The van der Waals surface area contributed by atoms with Gasteiger partial charge in [0.2, 0.25) is 0 Å². The third-order valence-corrected chi connectivity index (χ3v) is 5.51. The van der Waals surface area contributed by atoms with E-state index in [-0.39, 0.29) is 16.9 Å². The molecular formula is C12H21NO2S. The van der Waals surface area contributed by atoms with Crippen LogP contribution in [0.25, 0.3) is 0 Å². The van der Waals surface area contributed by atoms with Crippen molar-refractivity contribution < 1.29 is 8.42 Å². The second-order valence-corrected chi connectivity index (χ2v) is 7.53. The third kappa shape index (κ3) is 3.48. The maximum atomic E-state index is 11.5. The van der Waals surface area contributed by atoms with Gasteiger partial charge >= 0.3 is 0 Å². The summed E-state index contributed by atoms with van der Waals surface area (Å²) in [6, 6.07) is 2.37. The highest BCUT2D eigenvalue weighted by atomic mass is 32.2. The molecule has 0 aliphatic heterocycles. The monoisotopic (exact) mass is 243 g/mol. The maximum Gasteiger partial charge on any atom is 0.150 e. The molecule has 0 unspecified atom stereocenters. The van der Waals surface area contributed by atoms with Crippen molar-refractivity contribution in [1.82, 2.24) is 0 Å². The highest BCUT2D eigenvalue weighted by Gasteiger charge is 2.35. The molecule has 16 heavy (non-hydrogen) atoms. The lowest BCUT2D eigenvalue weighted by molar-refractivity contribution is 0.214. The molecule has 1 fully saturated rings. The van der Waals surface area contributed by atoms with Gasteiger partial charge in [-0.3, -0.25) is 0 Å². The van der Waals surface area contributed by atoms with Gasteiger partial charge < -0.3 is 0 Å². The fourth-order valence-corrected chi connectivity index (χ4v) is 3.22. The molecule has 0 aromatic carbocycles. The Labute approximate surface area is 98.8 Å². The zero-order chi connectivity index (χ0) is 12.2. The lowest BCUT2D eigenvalue weighted by Gasteiger charge is -2.33. The van der Waals surface area contributed by atoms with Crippen LogP contribution >= 0.6 is 0 Å². The molecule has 0 spiro atoms. The van der Waals surface area contributed by atoms with Crippen LogP contribution in [0.5, 0.6) is 0 Å². The second kappa shape index (κ2) is 5.18. The standard InChI is InChI=1S/C12H21NO2S/c1-3-16(14,15)9-8-12(10-13)6-4-11(2)5-7-12/h11H,3-9H2,1-2H3. The van der Waals surface area contributed by atoms with Crippen molar-refractivity contribution in [1.29, 1.82) is 5.26 Å². The average Bonchev–Trinajstić information content (AvgIpc) is 2.29. The Bertz CT molecular complexity index is 359. The van der Waals surface area contributed by atoms with Crippen LogP contribution in [0.3, 0.4) is 0 Å². The topological polar surface area (TPSA) is 57.9 Å². The Kier molecular flexibility index (Phi) is 4.37. The number of nitriles is 1. The van der Waals surface area contributed by atoms with E-state index in [2.05, 4.69) is 13.0 Å². The minimum Gasteiger partial charge on any atom is -0.229 e. The third-order valence-electron chi connectivity index (χ3n) is 3.80. The van der Waals surface area contributed by atoms with Crippen LogP contribution in [0.15, 0.2) is 0 Å². The number of sulfone groups is 1. The summed E-state index contributed by atoms with van der Waals surface area (Å²) >= 11 is 0. The SMILES string of the molecule is CCS(=O)(=O)CCC1(C#N)CCC(C)CC1. The first-order valence-electron chi connectivity index (χ1n) is 6.05. The molecule has 0 aromatic rings. The Morgan fingerprint density at radius 2 is 1.94 bits per heavy atom. The number of rotatable bonds is 4. The zero-order valence-electron chi connectivity index (χ0n) is 10.2. The van der Waals surface area contributed by atoms with Gasteiger partial charge in [0.05, 0.1) is 17.2 Å². The van der Waals surface area contributed by atoms with Gasteiger partial charge in [-0.25, -0.2) is 8.42 Å². The van der Waals surface area contributed by atoms with E-state index in [4.69, 9.17) is 0 Å². The quantitative estimate of drug-likeness (QED) is 0.762. The second-order valence-electron chi connectivity index (χ2n) is 5.06. The lowest BCUT2D eigenvalue weighted by Crippen LogP contribution is -2.28. The molecule has 4 heteroatoms. The van der Waals surface area contributed by atoms with Gasteiger partial charge in [-0.2, -0.15) is 5.26 Å². The van der Waals surface area contributed by atoms with E-state index >= 15 is 0 Å². The summed E-state index contributed by atoms with van der Waals surface area (Å²) in [5.74, 6) is 1.04. The van der Waals surface area contributed by atoms with Crippen LogP contribution in [0, 0.1) is 22.7 Å². The van der Waals surface area contributed by atoms with E-state index in [1.807, 2.05) is 0 Å². The Morgan fingerprint density at radius 3 is 2.38 bits per heavy atom. The van der Waals surface area contributed by atoms with E-state index in [0.717, 1.165) is 25.7 Å². The molecule has 0 saturated heterocycles. The largest absolute Gasteiger partial charge is 0.229 e. The van der Waals surface area contributed by atoms with Gasteiger partial charge in [-0.1, -0.05) is 13.8 Å². The van der Waals surface area contributed by atoms with Gasteiger partial charge in [0.1, 0.15) is 9.84 Å². The summed E-state index contributed by atoms with van der Waals surface area (Å²) in [5, 5.41) is 9.25. The molecule has 1 aliphatic carbocycles. The fourth-order valence-electron chi connectivity index (χ4n) is 2.23. The van der Waals surface area contributed by atoms with Crippen molar-refractivity contribution in [3.05, 3.63) is 0 Å². The number of hydrogen-bond acceptors (Lipinski definition) is 3. The molecule has 1 rings (SSSR count). The van der Waals surface area contributed by atoms with Crippen LogP contribution < -0.4 is 0 Å². The van der Waals surface area contributed by atoms with E-state index in [9.17, 15) is 13.7 Å². The molecule has 0 radical (unpaired) electrons. The van der Waals surface area contributed by atoms with Gasteiger partial charge in [-0.05, 0) is 38.0 Å². The van der Waals surface area contributed by atoms with E-state index in [1.54, 1.807) is 6.92 Å². The molecular weight excluding hydrogens is 222 g/mol. The minimum absolute atomic E-state index is 0.172. The average molecular weight is 243 g/mol. The van der Waals surface area contributed by atoms with E-state index in [1.165, 1.54) is 0 Å². The van der Waals surface area contributed by atoms with Crippen LogP contribution in [0.2, 0.25) is 0 Å². The van der Waals surface area contributed by atoms with E-state index in [0.29, 0.717) is 12.3 Å². The summed E-state index contributed by atoms with van der Waals surface area (Å²) in [4.78, 5) is 0. The first kappa shape index (κ1) is 13.5. The van der Waals surface area contributed by atoms with Crippen molar-refractivity contribution in [2.45, 2.75) is 46.0 Å². The predicted molar refractivity (Wildman–Crippen MR) is 64.6 cm³/mol. The summed E-state index contributed by atoms with van der Waals surface area (Å²) in [5.41, 5.74) is -0.366. The van der Waals surface area contributed by atoms with Crippen LogP contribution in [0.1, 0.15) is 46.0 Å². The summed E-state index contributed by atoms with van der Waals surface area (Å²) < 4.78 is 22.9. The first-order valence-corrected chi connectivity index (χ1v) is 7.87. The van der Waals surface area contributed by atoms with Gasteiger partial charge in [-0.15, -0.1) is 0 Å². The van der Waals surface area contributed by atoms with E-state index < -0.39 is 9.84 Å². The van der Waals surface area contributed by atoms with Crippen LogP contribution in [0.4, 0.5) is 0 Å². The van der Waals surface area contributed by atoms with Crippen molar-refractivity contribution in [3.8, 4) is 6.07 Å². The van der Waals surface area contributed by atoms with Gasteiger partial charge in [0, 0.05) is 5.75 Å². The normalized spacial score (nSPS) is 30.9. The first-order chi connectivity index (χ1) is 7.43. The zero-order valence-corrected chi connectivity index (χ0v) is 11.0. The van der Waals surface area contributed by atoms with Crippen molar-refractivity contribution in [2.75, 3.05) is 11.5 Å². The van der Waals surface area contributed by atoms with Crippen molar-refractivity contribution in [2.24, 2.45) is 11.3 Å². The smallest absolute Gasteiger partial charge is 0.150 e. The molecule has 0 atom stereocenters. The molecule has 0 N–H and O–H groups in total. The summed E-state index contributed by atoms with van der Waals surface area (Å²) in [6.07, 6.45) is 4.36. The number of nitrogens with zero attached hydrogens (tertiary/aromatic N) is 1. The summed E-state index contributed by atoms with van der Waals surface area (Å²) in [7, 11) is -2.93. The molecule has 0 aromatic heterocycles. The van der Waals surface area contributed by atoms with Crippen molar-refractivity contribution >= 4 is 9.84 Å². The molecule has 92 valence electrons. The fraction of sp³-hybridized carbons (Fsp3) is 0.917. The Hall–Kier alpha value is -0.560. The Balaban J connectivity index is 2.60. The highest BCUT2D eigenvalue weighted by molar-refractivity contribution is 7.91. The van der Waals surface area contributed by atoms with Crippen LogP contribution in [-0.2, 0) is 9.84 Å². The summed E-state index contributed by atoms with van der Waals surface area (Å²) in [6.45, 7) is 3.86. The highest BCUT2D eigenvalue weighted by Crippen LogP contribution is 2.41. The Morgan fingerprint density at radius 1 is 1.38 bits per heavy atom. The molecule has 1 aliphatic rings. The van der Waals surface area contributed by atoms with Gasteiger partial charge in [0.15, 0.2) is 0 Å². The van der Waals surface area contributed by atoms with Crippen molar-refractivity contribution in [3.63, 3.8) is 0 Å². The lowest BCUT2D eigenvalue weighted by atomic mass is 9.70. The molecule has 0 heterocycles. The molecule has 0 amide bonds. The number of hydrogen-bond donors (Lipinski definition) is 0. The van der Waals surface area contributed by atoms with Gasteiger partial charge in [0.25, 0.3) is 0 Å². The van der Waals surface area contributed by atoms with Crippen LogP contribution in [-0.4, -0.2) is 19.9 Å². The maximum absolute atomic E-state index is 11.5. The molecule has 3 nitrogen and oxygen atoms in total. The molecule has 1 saturated carbocycles. The minimum atomic E-state index is -2.93.